The van der Waals surface area contributed by atoms with Crippen LogP contribution in [0.15, 0.2) is 48.5 Å². The number of fused-ring (bicyclic) bond motifs is 1. The fourth-order valence-electron chi connectivity index (χ4n) is 3.66. The number of ether oxygens (including phenoxy) is 1. The highest BCUT2D eigenvalue weighted by molar-refractivity contribution is 5.79. The second kappa shape index (κ2) is 9.56. The first-order valence-electron chi connectivity index (χ1n) is 9.92. The molecule has 1 heterocycles. The van der Waals surface area contributed by atoms with Crippen LogP contribution in [0.4, 0.5) is 5.69 Å². The van der Waals surface area contributed by atoms with Gasteiger partial charge in [0.15, 0.2) is 6.61 Å². The second-order valence-corrected chi connectivity index (χ2v) is 7.58. The number of carbonyl (C=O) groups excluding carboxylic acids is 2. The standard InChI is InChI=1S/C23H29N3O3/c1-17(27)29-16-23(28)24-14-22(19-8-10-21(11-9-19)25(2)3)26-13-12-18-6-4-5-7-20(18)15-26/h4-11,22H,12-16H2,1-3H3,(H,24,28). The molecular formula is C23H29N3O3. The van der Waals surface area contributed by atoms with Crippen molar-refractivity contribution >= 4 is 17.6 Å². The van der Waals surface area contributed by atoms with E-state index in [1.54, 1.807) is 0 Å². The van der Waals surface area contributed by atoms with Crippen molar-refractivity contribution in [3.05, 3.63) is 65.2 Å². The maximum absolute atomic E-state index is 12.1. The summed E-state index contributed by atoms with van der Waals surface area (Å²) < 4.78 is 4.81. The second-order valence-electron chi connectivity index (χ2n) is 7.58. The molecule has 1 atom stereocenters. The highest BCUT2D eigenvalue weighted by Gasteiger charge is 2.25. The van der Waals surface area contributed by atoms with Crippen LogP contribution in [0.5, 0.6) is 0 Å². The first-order valence-corrected chi connectivity index (χ1v) is 9.92. The zero-order valence-corrected chi connectivity index (χ0v) is 17.4. The van der Waals surface area contributed by atoms with Crippen LogP contribution < -0.4 is 10.2 Å². The molecule has 2 aromatic rings. The average molecular weight is 396 g/mol. The molecule has 154 valence electrons. The molecule has 0 radical (unpaired) electrons. The third-order valence-corrected chi connectivity index (χ3v) is 5.29. The summed E-state index contributed by atoms with van der Waals surface area (Å²) in [4.78, 5) is 27.5. The number of hydrogen-bond acceptors (Lipinski definition) is 5. The van der Waals surface area contributed by atoms with Crippen molar-refractivity contribution < 1.29 is 14.3 Å². The number of nitrogens with one attached hydrogen (secondary N) is 1. The summed E-state index contributed by atoms with van der Waals surface area (Å²) in [5.41, 5.74) is 5.02. The van der Waals surface area contributed by atoms with Gasteiger partial charge in [0, 0.05) is 46.3 Å². The molecule has 0 saturated carbocycles. The van der Waals surface area contributed by atoms with Gasteiger partial charge in [0.1, 0.15) is 0 Å². The number of hydrogen-bond donors (Lipinski definition) is 1. The first-order chi connectivity index (χ1) is 13.9. The van der Waals surface area contributed by atoms with Crippen LogP contribution in [-0.4, -0.2) is 50.6 Å². The van der Waals surface area contributed by atoms with Gasteiger partial charge in [-0.3, -0.25) is 14.5 Å². The van der Waals surface area contributed by atoms with Crippen molar-refractivity contribution in [2.75, 3.05) is 38.7 Å². The molecule has 3 rings (SSSR count). The van der Waals surface area contributed by atoms with Gasteiger partial charge in [0.2, 0.25) is 0 Å². The molecule has 6 nitrogen and oxygen atoms in total. The monoisotopic (exact) mass is 395 g/mol. The lowest BCUT2D eigenvalue weighted by Gasteiger charge is -2.36. The van der Waals surface area contributed by atoms with Crippen molar-refractivity contribution in [1.29, 1.82) is 0 Å². The molecule has 1 aliphatic heterocycles. The van der Waals surface area contributed by atoms with E-state index in [9.17, 15) is 9.59 Å². The summed E-state index contributed by atoms with van der Waals surface area (Å²) in [7, 11) is 4.03. The third-order valence-electron chi connectivity index (χ3n) is 5.29. The molecule has 29 heavy (non-hydrogen) atoms. The Kier molecular flexibility index (Phi) is 6.88. The maximum atomic E-state index is 12.1. The summed E-state index contributed by atoms with van der Waals surface area (Å²) in [6.45, 7) is 3.29. The van der Waals surface area contributed by atoms with E-state index >= 15 is 0 Å². The van der Waals surface area contributed by atoms with Crippen LogP contribution in [-0.2, 0) is 27.3 Å². The normalized spacial score (nSPS) is 14.6. The zero-order valence-electron chi connectivity index (χ0n) is 17.4. The molecule has 0 saturated heterocycles. The molecule has 1 N–H and O–H groups in total. The highest BCUT2D eigenvalue weighted by Crippen LogP contribution is 2.28. The van der Waals surface area contributed by atoms with Gasteiger partial charge in [0.05, 0.1) is 6.04 Å². The lowest BCUT2D eigenvalue weighted by Crippen LogP contribution is -2.41. The number of anilines is 1. The maximum Gasteiger partial charge on any atom is 0.303 e. The fraction of sp³-hybridized carbons (Fsp3) is 0.391. The topological polar surface area (TPSA) is 61.9 Å². The zero-order chi connectivity index (χ0) is 20.8. The number of amides is 1. The summed E-state index contributed by atoms with van der Waals surface area (Å²) >= 11 is 0. The SMILES string of the molecule is CC(=O)OCC(=O)NCC(c1ccc(N(C)C)cc1)N1CCc2ccccc2C1. The summed E-state index contributed by atoms with van der Waals surface area (Å²) in [6, 6.07) is 17.0. The molecule has 1 aliphatic rings. The molecular weight excluding hydrogens is 366 g/mol. The van der Waals surface area contributed by atoms with E-state index in [0.29, 0.717) is 6.54 Å². The minimum absolute atomic E-state index is 0.0425. The molecule has 6 heteroatoms. The number of carbonyl (C=O) groups is 2. The van der Waals surface area contributed by atoms with E-state index < -0.39 is 5.97 Å². The summed E-state index contributed by atoms with van der Waals surface area (Å²) in [5.74, 6) is -0.740. The van der Waals surface area contributed by atoms with E-state index in [1.165, 1.54) is 18.1 Å². The van der Waals surface area contributed by atoms with Crippen molar-refractivity contribution in [2.45, 2.75) is 25.9 Å². The Morgan fingerprint density at radius 3 is 2.45 bits per heavy atom. The van der Waals surface area contributed by atoms with Crippen LogP contribution in [0, 0.1) is 0 Å². The molecule has 2 aromatic carbocycles. The minimum atomic E-state index is -0.455. The summed E-state index contributed by atoms with van der Waals surface area (Å²) in [6.07, 6.45) is 0.990. The average Bonchev–Trinajstić information content (AvgIpc) is 2.72. The number of rotatable bonds is 7. The Balaban J connectivity index is 1.76. The lowest BCUT2D eigenvalue weighted by molar-refractivity contribution is -0.146. The predicted octanol–water partition coefficient (Wildman–Crippen LogP) is 2.53. The van der Waals surface area contributed by atoms with E-state index in [4.69, 9.17) is 4.74 Å². The van der Waals surface area contributed by atoms with Gasteiger partial charge in [0.25, 0.3) is 5.91 Å². The number of benzene rings is 2. The van der Waals surface area contributed by atoms with Crippen LogP contribution >= 0.6 is 0 Å². The Morgan fingerprint density at radius 2 is 1.79 bits per heavy atom. The quantitative estimate of drug-likeness (QED) is 0.730. The van der Waals surface area contributed by atoms with Crippen LogP contribution in [0.2, 0.25) is 0 Å². The molecule has 0 fully saturated rings. The van der Waals surface area contributed by atoms with Gasteiger partial charge in [-0.25, -0.2) is 0 Å². The summed E-state index contributed by atoms with van der Waals surface area (Å²) in [5, 5.41) is 2.93. The Morgan fingerprint density at radius 1 is 1.10 bits per heavy atom. The van der Waals surface area contributed by atoms with E-state index in [1.807, 2.05) is 14.1 Å². The third kappa shape index (κ3) is 5.57. The lowest BCUT2D eigenvalue weighted by atomic mass is 9.96. The number of esters is 1. The minimum Gasteiger partial charge on any atom is -0.456 e. The molecule has 0 aromatic heterocycles. The molecule has 1 unspecified atom stereocenters. The number of nitrogens with zero attached hydrogens (tertiary/aromatic N) is 2. The largest absolute Gasteiger partial charge is 0.456 e. The highest BCUT2D eigenvalue weighted by atomic mass is 16.5. The molecule has 1 amide bonds. The van der Waals surface area contributed by atoms with Gasteiger partial charge < -0.3 is 15.0 Å². The first kappa shape index (κ1) is 20.9. The van der Waals surface area contributed by atoms with E-state index in [2.05, 4.69) is 63.6 Å². The van der Waals surface area contributed by atoms with Gasteiger partial charge in [-0.05, 0) is 35.2 Å². The van der Waals surface area contributed by atoms with E-state index in [0.717, 1.165) is 30.8 Å². The smallest absolute Gasteiger partial charge is 0.303 e. The molecule has 0 bridgehead atoms. The van der Waals surface area contributed by atoms with Crippen LogP contribution in [0.3, 0.4) is 0 Å². The van der Waals surface area contributed by atoms with Crippen molar-refractivity contribution in [1.82, 2.24) is 10.2 Å². The van der Waals surface area contributed by atoms with Crippen LogP contribution in [0.1, 0.15) is 29.7 Å². The predicted molar refractivity (Wildman–Crippen MR) is 114 cm³/mol. The molecule has 0 spiro atoms. The van der Waals surface area contributed by atoms with Gasteiger partial charge >= 0.3 is 5.97 Å². The Labute approximate surface area is 172 Å². The molecule has 0 aliphatic carbocycles. The van der Waals surface area contributed by atoms with Crippen molar-refractivity contribution in [3.8, 4) is 0 Å². The van der Waals surface area contributed by atoms with Gasteiger partial charge in [-0.2, -0.15) is 0 Å². The van der Waals surface area contributed by atoms with Crippen molar-refractivity contribution in [3.63, 3.8) is 0 Å². The Bertz CT molecular complexity index is 849. The van der Waals surface area contributed by atoms with Crippen LogP contribution in [0.25, 0.3) is 0 Å². The van der Waals surface area contributed by atoms with Crippen molar-refractivity contribution in [2.24, 2.45) is 0 Å². The van der Waals surface area contributed by atoms with Gasteiger partial charge in [-0.1, -0.05) is 36.4 Å². The van der Waals surface area contributed by atoms with Gasteiger partial charge in [-0.15, -0.1) is 0 Å². The fourth-order valence-corrected chi connectivity index (χ4v) is 3.66. The Hall–Kier alpha value is -2.86. The van der Waals surface area contributed by atoms with E-state index in [-0.39, 0.29) is 18.6 Å².